The Balaban J connectivity index is 1.20. The van der Waals surface area contributed by atoms with Crippen LogP contribution >= 0.6 is 0 Å². The number of phenols is 5. The normalized spacial score (nSPS) is 11.9. The van der Waals surface area contributed by atoms with Gasteiger partial charge in [-0.25, -0.2) is 0 Å². The van der Waals surface area contributed by atoms with Gasteiger partial charge in [0.2, 0.25) is 0 Å². The molecule has 12 rings (SSSR count). The molecular weight excluding hydrogens is 889 g/mol. The van der Waals surface area contributed by atoms with Gasteiger partial charge in [0.05, 0.1) is 10.8 Å². The number of phenolic OH excluding ortho intramolecular Hbond substituents is 5. The first-order valence-corrected chi connectivity index (χ1v) is 23.9. The first-order valence-electron chi connectivity index (χ1n) is 23.9. The molecule has 0 heterocycles. The molecule has 0 saturated carbocycles. The summed E-state index contributed by atoms with van der Waals surface area (Å²) in [6.45, 7) is 0. The fourth-order valence-electron chi connectivity index (χ4n) is 11.5. The SMILES string of the molecule is Oc1ccc2c(C(c3ccccc3)(c3ccccc3)c3c(Oc4cccc(C(c5ccccc5)(c5c(O)ccc6ccccc56)c5c(O)ccc6ccccc56)c4)ccc4cc(O)ccc34)c(O)ccc2c1. The van der Waals surface area contributed by atoms with E-state index in [1.807, 2.05) is 176 Å². The van der Waals surface area contributed by atoms with Crippen LogP contribution in [-0.4, -0.2) is 25.5 Å². The molecule has 0 aromatic heterocycles. The Kier molecular flexibility index (Phi) is 10.6. The molecule has 0 unspecified atom stereocenters. The van der Waals surface area contributed by atoms with Gasteiger partial charge in [0.25, 0.3) is 0 Å². The van der Waals surface area contributed by atoms with E-state index < -0.39 is 10.8 Å². The van der Waals surface area contributed by atoms with Gasteiger partial charge in [0.1, 0.15) is 40.2 Å². The predicted molar refractivity (Wildman–Crippen MR) is 288 cm³/mol. The number of hydrogen-bond donors (Lipinski definition) is 5. The lowest BCUT2D eigenvalue weighted by Crippen LogP contribution is -2.32. The molecule has 0 radical (unpaired) electrons. The van der Waals surface area contributed by atoms with Crippen molar-refractivity contribution in [2.45, 2.75) is 10.8 Å². The third-order valence-corrected chi connectivity index (χ3v) is 14.4. The highest BCUT2D eigenvalue weighted by atomic mass is 16.5. The Morgan fingerprint density at radius 1 is 0.264 bits per heavy atom. The van der Waals surface area contributed by atoms with Gasteiger partial charge in [0, 0.05) is 22.3 Å². The molecule has 12 aromatic rings. The number of aromatic hydroxyl groups is 5. The monoisotopic (exact) mass is 934 g/mol. The average Bonchev–Trinajstić information content (AvgIpc) is 3.42. The Bertz CT molecular complexity index is 3900. The minimum Gasteiger partial charge on any atom is -0.508 e. The quantitative estimate of drug-likeness (QED) is 0.0874. The Morgan fingerprint density at radius 3 is 1.12 bits per heavy atom. The van der Waals surface area contributed by atoms with Crippen molar-refractivity contribution in [3.63, 3.8) is 0 Å². The highest BCUT2D eigenvalue weighted by molar-refractivity contribution is 5.99. The van der Waals surface area contributed by atoms with Crippen LogP contribution in [0.1, 0.15) is 44.5 Å². The molecule has 0 fully saturated rings. The maximum Gasteiger partial charge on any atom is 0.132 e. The third kappa shape index (κ3) is 6.87. The zero-order valence-corrected chi connectivity index (χ0v) is 38.8. The van der Waals surface area contributed by atoms with E-state index in [2.05, 4.69) is 24.3 Å². The summed E-state index contributed by atoms with van der Waals surface area (Å²) in [6.07, 6.45) is 0. The van der Waals surface area contributed by atoms with Crippen molar-refractivity contribution in [3.05, 3.63) is 293 Å². The van der Waals surface area contributed by atoms with E-state index in [0.29, 0.717) is 44.7 Å². The number of fused-ring (bicyclic) bond motifs is 4. The summed E-state index contributed by atoms with van der Waals surface area (Å²) < 4.78 is 7.46. The molecule has 0 amide bonds. The van der Waals surface area contributed by atoms with Crippen molar-refractivity contribution in [1.82, 2.24) is 0 Å². The zero-order chi connectivity index (χ0) is 49.0. The lowest BCUT2D eigenvalue weighted by atomic mass is 9.62. The molecule has 0 aliphatic heterocycles. The lowest BCUT2D eigenvalue weighted by molar-refractivity contribution is 0.446. The van der Waals surface area contributed by atoms with E-state index in [0.717, 1.165) is 54.4 Å². The van der Waals surface area contributed by atoms with Crippen molar-refractivity contribution in [1.29, 1.82) is 0 Å². The van der Waals surface area contributed by atoms with Crippen LogP contribution in [0.3, 0.4) is 0 Å². The Morgan fingerprint density at radius 2 is 0.639 bits per heavy atom. The van der Waals surface area contributed by atoms with Crippen molar-refractivity contribution >= 4 is 43.1 Å². The topological polar surface area (TPSA) is 110 Å². The molecule has 12 aromatic carbocycles. The molecule has 72 heavy (non-hydrogen) atoms. The summed E-state index contributed by atoms with van der Waals surface area (Å²) >= 11 is 0. The van der Waals surface area contributed by atoms with Crippen LogP contribution in [-0.2, 0) is 10.8 Å². The molecule has 0 aliphatic rings. The van der Waals surface area contributed by atoms with Gasteiger partial charge >= 0.3 is 0 Å². The standard InChI is InChI=1S/C66H46O6/c67-50-31-33-55-44(39-50)29-37-59(71)63(55)65(46-17-4-1-5-18-46,47-19-6-2-7-20-47)64-56-34-32-51(68)40-45(56)30-38-60(64)72-52-24-14-23-49(41-52)66(48-21-8-3-9-22-48,61-53-25-12-10-15-42(53)27-35-57(61)69)62-54-26-13-11-16-43(54)28-36-58(62)70/h1-41,67-71H. The van der Waals surface area contributed by atoms with Crippen LogP contribution in [0, 0.1) is 0 Å². The first-order chi connectivity index (χ1) is 35.3. The van der Waals surface area contributed by atoms with Crippen LogP contribution in [0.4, 0.5) is 0 Å². The van der Waals surface area contributed by atoms with Gasteiger partial charge in [-0.3, -0.25) is 0 Å². The molecule has 6 heteroatoms. The molecule has 6 nitrogen and oxygen atoms in total. The van der Waals surface area contributed by atoms with Crippen LogP contribution < -0.4 is 4.74 Å². The number of ether oxygens (including phenoxy) is 1. The van der Waals surface area contributed by atoms with Gasteiger partial charge in [-0.15, -0.1) is 0 Å². The van der Waals surface area contributed by atoms with E-state index in [1.165, 1.54) is 0 Å². The fourth-order valence-corrected chi connectivity index (χ4v) is 11.5. The first kappa shape index (κ1) is 43.7. The molecule has 0 atom stereocenters. The second-order valence-corrected chi connectivity index (χ2v) is 18.3. The number of hydrogen-bond acceptors (Lipinski definition) is 6. The predicted octanol–water partition coefficient (Wildman–Crippen LogP) is 15.4. The Labute approximate surface area is 415 Å². The summed E-state index contributed by atoms with van der Waals surface area (Å²) in [5.74, 6) is 1.23. The molecule has 0 bridgehead atoms. The van der Waals surface area contributed by atoms with E-state index in [-0.39, 0.29) is 28.7 Å². The van der Waals surface area contributed by atoms with Crippen LogP contribution in [0.25, 0.3) is 43.1 Å². The van der Waals surface area contributed by atoms with E-state index in [9.17, 15) is 25.5 Å². The maximum atomic E-state index is 12.6. The fraction of sp³-hybridized carbons (Fsp3) is 0.0303. The van der Waals surface area contributed by atoms with Crippen molar-refractivity contribution < 1.29 is 30.3 Å². The van der Waals surface area contributed by atoms with E-state index in [1.54, 1.807) is 48.5 Å². The summed E-state index contributed by atoms with van der Waals surface area (Å²) in [5.41, 5.74) is 2.92. The third-order valence-electron chi connectivity index (χ3n) is 14.4. The molecule has 346 valence electrons. The van der Waals surface area contributed by atoms with Crippen molar-refractivity contribution in [3.8, 4) is 40.2 Å². The van der Waals surface area contributed by atoms with Gasteiger partial charge in [-0.05, 0) is 126 Å². The smallest absolute Gasteiger partial charge is 0.132 e. The highest BCUT2D eigenvalue weighted by Gasteiger charge is 2.47. The van der Waals surface area contributed by atoms with Gasteiger partial charge < -0.3 is 30.3 Å². The van der Waals surface area contributed by atoms with Gasteiger partial charge in [-0.2, -0.15) is 0 Å². The summed E-state index contributed by atoms with van der Waals surface area (Å²) in [5, 5.41) is 65.8. The van der Waals surface area contributed by atoms with Crippen LogP contribution in [0.5, 0.6) is 40.2 Å². The molecule has 0 aliphatic carbocycles. The number of rotatable bonds is 10. The second kappa shape index (κ2) is 17.5. The molecular formula is C66H46O6. The lowest BCUT2D eigenvalue weighted by Gasteiger charge is -2.40. The summed E-state index contributed by atoms with van der Waals surface area (Å²) in [7, 11) is 0. The van der Waals surface area contributed by atoms with E-state index in [4.69, 9.17) is 4.74 Å². The van der Waals surface area contributed by atoms with Crippen molar-refractivity contribution in [2.24, 2.45) is 0 Å². The van der Waals surface area contributed by atoms with Gasteiger partial charge in [-0.1, -0.05) is 188 Å². The average molecular weight is 935 g/mol. The molecule has 0 saturated heterocycles. The summed E-state index contributed by atoms with van der Waals surface area (Å²) in [4.78, 5) is 0. The maximum absolute atomic E-state index is 12.6. The van der Waals surface area contributed by atoms with E-state index >= 15 is 0 Å². The van der Waals surface area contributed by atoms with Crippen LogP contribution in [0.15, 0.2) is 249 Å². The zero-order valence-electron chi connectivity index (χ0n) is 38.8. The largest absolute Gasteiger partial charge is 0.508 e. The van der Waals surface area contributed by atoms with Crippen molar-refractivity contribution in [2.75, 3.05) is 0 Å². The summed E-state index contributed by atoms with van der Waals surface area (Å²) in [6, 6.07) is 79.0. The minimum absolute atomic E-state index is 0.0297. The van der Waals surface area contributed by atoms with Crippen LogP contribution in [0.2, 0.25) is 0 Å². The second-order valence-electron chi connectivity index (χ2n) is 18.3. The highest BCUT2D eigenvalue weighted by Crippen LogP contribution is 2.58. The van der Waals surface area contributed by atoms with Gasteiger partial charge in [0.15, 0.2) is 0 Å². The Hall–Kier alpha value is -9.52. The molecule has 5 N–H and O–H groups in total. The minimum atomic E-state index is -1.36. The number of benzene rings is 12. The molecule has 0 spiro atoms.